The first kappa shape index (κ1) is 21.5. The molecule has 1 aromatic carbocycles. The molecule has 1 spiro atoms. The van der Waals surface area contributed by atoms with Crippen molar-refractivity contribution in [2.24, 2.45) is 4.99 Å². The van der Waals surface area contributed by atoms with Gasteiger partial charge in [-0.2, -0.15) is 5.26 Å². The number of nitrogens with zero attached hydrogens (tertiary/aromatic N) is 4. The van der Waals surface area contributed by atoms with Crippen LogP contribution in [0.5, 0.6) is 0 Å². The van der Waals surface area contributed by atoms with Crippen LogP contribution in [0.3, 0.4) is 0 Å². The SMILES string of the molecule is CN(c1cccc2cc(C3=NCC4(CCN(CC#N)CC4)S3)[nH]c12)S(=O)(=O)c1cccs1. The number of rotatable bonds is 5. The van der Waals surface area contributed by atoms with Crippen LogP contribution in [0.25, 0.3) is 10.9 Å². The second-order valence-corrected chi connectivity index (χ2v) is 12.8. The number of likely N-dealkylation sites (tertiary alicyclic amines) is 1. The molecule has 0 unspecified atom stereocenters. The molecule has 166 valence electrons. The highest BCUT2D eigenvalue weighted by atomic mass is 32.2. The number of H-pyrrole nitrogens is 1. The van der Waals surface area contributed by atoms with Gasteiger partial charge in [-0.3, -0.25) is 14.2 Å². The van der Waals surface area contributed by atoms with Gasteiger partial charge in [-0.05, 0) is 36.4 Å². The van der Waals surface area contributed by atoms with E-state index in [-0.39, 0.29) is 4.75 Å². The largest absolute Gasteiger partial charge is 0.351 e. The molecule has 32 heavy (non-hydrogen) atoms. The average Bonchev–Trinajstić information content (AvgIpc) is 3.55. The number of thioether (sulfide) groups is 1. The van der Waals surface area contributed by atoms with E-state index >= 15 is 0 Å². The van der Waals surface area contributed by atoms with Gasteiger partial charge in [0.05, 0.1) is 36.1 Å². The molecule has 10 heteroatoms. The molecule has 0 bridgehead atoms. The van der Waals surface area contributed by atoms with Crippen LogP contribution in [-0.2, 0) is 10.0 Å². The summed E-state index contributed by atoms with van der Waals surface area (Å²) in [7, 11) is -2.02. The number of thiophene rings is 1. The Kier molecular flexibility index (Phi) is 5.53. The third-order valence-electron chi connectivity index (χ3n) is 6.20. The average molecular weight is 486 g/mol. The first-order chi connectivity index (χ1) is 15.4. The number of piperidine rings is 1. The lowest BCUT2D eigenvalue weighted by atomic mass is 9.96. The van der Waals surface area contributed by atoms with Crippen LogP contribution >= 0.6 is 23.1 Å². The molecule has 2 aromatic heterocycles. The molecule has 1 fully saturated rings. The number of hydrogen-bond donors (Lipinski definition) is 1. The fourth-order valence-corrected chi connectivity index (χ4v) is 7.94. The summed E-state index contributed by atoms with van der Waals surface area (Å²) in [6.45, 7) is 3.11. The maximum Gasteiger partial charge on any atom is 0.273 e. The van der Waals surface area contributed by atoms with Crippen LogP contribution in [-0.4, -0.2) is 61.3 Å². The van der Waals surface area contributed by atoms with Gasteiger partial charge < -0.3 is 4.98 Å². The highest BCUT2D eigenvalue weighted by Crippen LogP contribution is 2.43. The van der Waals surface area contributed by atoms with Crippen molar-refractivity contribution in [3.8, 4) is 6.07 Å². The Labute approximate surface area is 195 Å². The molecule has 3 aromatic rings. The van der Waals surface area contributed by atoms with Gasteiger partial charge in [0.2, 0.25) is 0 Å². The number of nitrogens with one attached hydrogen (secondary N) is 1. The van der Waals surface area contributed by atoms with E-state index < -0.39 is 10.0 Å². The van der Waals surface area contributed by atoms with Crippen molar-refractivity contribution in [2.75, 3.05) is 37.5 Å². The molecule has 0 amide bonds. The van der Waals surface area contributed by atoms with E-state index in [1.54, 1.807) is 24.6 Å². The van der Waals surface area contributed by atoms with Gasteiger partial charge in [0.25, 0.3) is 10.0 Å². The number of para-hydroxylation sites is 1. The number of aromatic amines is 1. The standard InChI is InChI=1S/C22H23N5O2S3/c1-26(32(28,29)19-6-3-13-30-19)18-5-2-4-16-14-17(25-20(16)18)21-24-15-22(31-21)7-10-27(11-8-22)12-9-23/h2-6,13-14,25H,7-8,10-12,15H2,1H3. The molecule has 2 aliphatic heterocycles. The highest BCUT2D eigenvalue weighted by Gasteiger charge is 2.40. The van der Waals surface area contributed by atoms with Crippen molar-refractivity contribution in [3.63, 3.8) is 0 Å². The molecule has 0 aliphatic carbocycles. The fourth-order valence-electron chi connectivity index (χ4n) is 4.30. The van der Waals surface area contributed by atoms with E-state index in [1.807, 2.05) is 30.0 Å². The summed E-state index contributed by atoms with van der Waals surface area (Å²) >= 11 is 3.04. The van der Waals surface area contributed by atoms with E-state index in [0.29, 0.717) is 16.4 Å². The van der Waals surface area contributed by atoms with Crippen LogP contribution in [0.4, 0.5) is 5.69 Å². The quantitative estimate of drug-likeness (QED) is 0.553. The van der Waals surface area contributed by atoms with E-state index in [4.69, 9.17) is 10.3 Å². The summed E-state index contributed by atoms with van der Waals surface area (Å²) in [6, 6.07) is 13.4. The normalized spacial score (nSPS) is 18.7. The molecule has 0 radical (unpaired) electrons. The van der Waals surface area contributed by atoms with Crippen LogP contribution in [0.1, 0.15) is 18.5 Å². The number of sulfonamides is 1. The minimum Gasteiger partial charge on any atom is -0.351 e. The summed E-state index contributed by atoms with van der Waals surface area (Å²) in [5, 5.41) is 12.6. The Balaban J connectivity index is 1.40. The second-order valence-electron chi connectivity index (χ2n) is 8.17. The maximum absolute atomic E-state index is 13.0. The minimum absolute atomic E-state index is 0.0979. The van der Waals surface area contributed by atoms with Crippen LogP contribution in [0, 0.1) is 11.3 Å². The van der Waals surface area contributed by atoms with Gasteiger partial charge in [-0.25, -0.2) is 8.42 Å². The van der Waals surface area contributed by atoms with Gasteiger partial charge in [-0.1, -0.05) is 30.0 Å². The van der Waals surface area contributed by atoms with Crippen molar-refractivity contribution < 1.29 is 8.42 Å². The Morgan fingerprint density at radius 1 is 1.28 bits per heavy atom. The van der Waals surface area contributed by atoms with Crippen molar-refractivity contribution >= 4 is 54.8 Å². The lowest BCUT2D eigenvalue weighted by molar-refractivity contribution is 0.225. The third-order valence-corrected chi connectivity index (χ3v) is 10.9. The maximum atomic E-state index is 13.0. The smallest absolute Gasteiger partial charge is 0.273 e. The first-order valence-corrected chi connectivity index (χ1v) is 13.5. The number of aliphatic imine (C=N–C) groups is 1. The number of anilines is 1. The molecule has 0 saturated carbocycles. The predicted octanol–water partition coefficient (Wildman–Crippen LogP) is 3.91. The summed E-state index contributed by atoms with van der Waals surface area (Å²) in [6.07, 6.45) is 2.03. The third kappa shape index (κ3) is 3.73. The summed E-state index contributed by atoms with van der Waals surface area (Å²) in [5.41, 5.74) is 2.33. The molecule has 1 saturated heterocycles. The molecule has 1 N–H and O–H groups in total. The molecule has 7 nitrogen and oxygen atoms in total. The van der Waals surface area contributed by atoms with Gasteiger partial charge >= 0.3 is 0 Å². The Hall–Kier alpha value is -2.32. The summed E-state index contributed by atoms with van der Waals surface area (Å²) < 4.78 is 27.9. The van der Waals surface area contributed by atoms with Crippen molar-refractivity contribution in [1.29, 1.82) is 5.26 Å². The van der Waals surface area contributed by atoms with Gasteiger partial charge in [-0.15, -0.1) is 11.3 Å². The Morgan fingerprint density at radius 3 is 2.81 bits per heavy atom. The fraction of sp³-hybridized carbons (Fsp3) is 0.364. The van der Waals surface area contributed by atoms with Crippen LogP contribution < -0.4 is 4.31 Å². The molecular formula is C22H23N5O2S3. The Bertz CT molecular complexity index is 1310. The molecule has 2 aliphatic rings. The monoisotopic (exact) mass is 485 g/mol. The number of hydrogen-bond acceptors (Lipinski definition) is 7. The molecule has 4 heterocycles. The predicted molar refractivity (Wildman–Crippen MR) is 131 cm³/mol. The van der Waals surface area contributed by atoms with Crippen LogP contribution in [0.2, 0.25) is 0 Å². The number of benzene rings is 1. The van der Waals surface area contributed by atoms with Crippen molar-refractivity contribution in [2.45, 2.75) is 21.8 Å². The second kappa shape index (κ2) is 8.23. The van der Waals surface area contributed by atoms with Crippen molar-refractivity contribution in [1.82, 2.24) is 9.88 Å². The van der Waals surface area contributed by atoms with Crippen molar-refractivity contribution in [3.05, 3.63) is 47.5 Å². The van der Waals surface area contributed by atoms with Crippen LogP contribution in [0.15, 0.2) is 51.0 Å². The zero-order valence-electron chi connectivity index (χ0n) is 17.6. The lowest BCUT2D eigenvalue weighted by Crippen LogP contribution is -2.43. The number of nitriles is 1. The highest BCUT2D eigenvalue weighted by molar-refractivity contribution is 8.15. The topological polar surface area (TPSA) is 92.6 Å². The van der Waals surface area contributed by atoms with E-state index in [0.717, 1.165) is 54.1 Å². The van der Waals surface area contributed by atoms with E-state index in [1.165, 1.54) is 15.6 Å². The molecule has 0 atom stereocenters. The van der Waals surface area contributed by atoms with Gasteiger partial charge in [0.1, 0.15) is 9.25 Å². The molecule has 5 rings (SSSR count). The van der Waals surface area contributed by atoms with E-state index in [2.05, 4.69) is 22.0 Å². The summed E-state index contributed by atoms with van der Waals surface area (Å²) in [4.78, 5) is 10.5. The molecular weight excluding hydrogens is 462 g/mol. The number of aromatic nitrogens is 1. The minimum atomic E-state index is -3.61. The summed E-state index contributed by atoms with van der Waals surface area (Å²) in [5.74, 6) is 0. The first-order valence-electron chi connectivity index (χ1n) is 10.4. The zero-order valence-corrected chi connectivity index (χ0v) is 20.1. The van der Waals surface area contributed by atoms with Gasteiger partial charge in [0, 0.05) is 30.3 Å². The van der Waals surface area contributed by atoms with E-state index in [9.17, 15) is 8.42 Å². The van der Waals surface area contributed by atoms with Gasteiger partial charge in [0.15, 0.2) is 0 Å². The lowest BCUT2D eigenvalue weighted by Gasteiger charge is -2.36. The number of fused-ring (bicyclic) bond motifs is 1. The zero-order chi connectivity index (χ0) is 22.3. The Morgan fingerprint density at radius 2 is 2.09 bits per heavy atom.